The van der Waals surface area contributed by atoms with Gasteiger partial charge in [-0.25, -0.2) is 4.98 Å². The fourth-order valence-electron chi connectivity index (χ4n) is 2.51. The predicted molar refractivity (Wildman–Crippen MR) is 70.6 cm³/mol. The monoisotopic (exact) mass is 256 g/mol. The molecule has 2 aromatic heterocycles. The van der Waals surface area contributed by atoms with E-state index >= 15 is 0 Å². The van der Waals surface area contributed by atoms with E-state index in [1.165, 1.54) is 5.69 Å². The summed E-state index contributed by atoms with van der Waals surface area (Å²) in [7, 11) is 2.03. The summed E-state index contributed by atoms with van der Waals surface area (Å²) in [4.78, 5) is 22.7. The number of fused-ring (bicyclic) bond motifs is 1. The molecule has 5 heteroatoms. The number of rotatable bonds is 1. The standard InChI is InChI=1S/C14H16N4O/c1-10-16-12-9-18(7-5-13(12)17(10)2)14(19)11-4-3-6-15-8-11/h3-4,6,8H,5,7,9H2,1-2H3. The maximum atomic E-state index is 12.4. The van der Waals surface area contributed by atoms with Gasteiger partial charge in [-0.1, -0.05) is 0 Å². The van der Waals surface area contributed by atoms with Gasteiger partial charge in [-0.3, -0.25) is 9.78 Å². The summed E-state index contributed by atoms with van der Waals surface area (Å²) in [6, 6.07) is 3.59. The summed E-state index contributed by atoms with van der Waals surface area (Å²) in [6.45, 7) is 3.32. The highest BCUT2D eigenvalue weighted by atomic mass is 16.2. The molecule has 1 aliphatic heterocycles. The number of pyridine rings is 1. The second kappa shape index (κ2) is 4.50. The van der Waals surface area contributed by atoms with Crippen molar-refractivity contribution >= 4 is 5.91 Å². The average Bonchev–Trinajstić information content (AvgIpc) is 2.74. The van der Waals surface area contributed by atoms with Crippen LogP contribution in [0.15, 0.2) is 24.5 Å². The van der Waals surface area contributed by atoms with Crippen LogP contribution in [0.5, 0.6) is 0 Å². The molecule has 1 amide bonds. The zero-order valence-corrected chi connectivity index (χ0v) is 11.1. The molecule has 1 aliphatic rings. The number of hydrogen-bond donors (Lipinski definition) is 0. The van der Waals surface area contributed by atoms with Crippen LogP contribution < -0.4 is 0 Å². The van der Waals surface area contributed by atoms with Crippen LogP contribution in [-0.2, 0) is 20.0 Å². The Morgan fingerprint density at radius 2 is 2.26 bits per heavy atom. The molecule has 0 N–H and O–H groups in total. The minimum absolute atomic E-state index is 0.0297. The molecule has 0 radical (unpaired) electrons. The van der Waals surface area contributed by atoms with Crippen LogP contribution in [0.2, 0.25) is 0 Å². The Morgan fingerprint density at radius 3 is 3.00 bits per heavy atom. The van der Waals surface area contributed by atoms with Gasteiger partial charge >= 0.3 is 0 Å². The van der Waals surface area contributed by atoms with E-state index < -0.39 is 0 Å². The number of nitrogens with zero attached hydrogens (tertiary/aromatic N) is 4. The summed E-state index contributed by atoms with van der Waals surface area (Å²) in [5.74, 6) is 1.03. The molecule has 19 heavy (non-hydrogen) atoms. The molecule has 0 fully saturated rings. The summed E-state index contributed by atoms with van der Waals surface area (Å²) in [6.07, 6.45) is 4.15. The van der Waals surface area contributed by atoms with Gasteiger partial charge in [0.2, 0.25) is 0 Å². The average molecular weight is 256 g/mol. The first-order valence-electron chi connectivity index (χ1n) is 6.37. The largest absolute Gasteiger partial charge is 0.335 e. The second-order valence-electron chi connectivity index (χ2n) is 4.83. The van der Waals surface area contributed by atoms with E-state index in [1.807, 2.05) is 18.9 Å². The zero-order valence-electron chi connectivity index (χ0n) is 11.1. The fraction of sp³-hybridized carbons (Fsp3) is 0.357. The van der Waals surface area contributed by atoms with Crippen molar-refractivity contribution in [3.63, 3.8) is 0 Å². The second-order valence-corrected chi connectivity index (χ2v) is 4.83. The Labute approximate surface area is 111 Å². The molecule has 0 saturated heterocycles. The molecule has 0 atom stereocenters. The van der Waals surface area contributed by atoms with Crippen molar-refractivity contribution in [3.8, 4) is 0 Å². The lowest BCUT2D eigenvalue weighted by atomic mass is 10.1. The van der Waals surface area contributed by atoms with Crippen LogP contribution in [0, 0.1) is 6.92 Å². The van der Waals surface area contributed by atoms with E-state index in [1.54, 1.807) is 24.5 Å². The molecular weight excluding hydrogens is 240 g/mol. The van der Waals surface area contributed by atoms with E-state index in [0.717, 1.165) is 24.5 Å². The van der Waals surface area contributed by atoms with Gasteiger partial charge in [-0.2, -0.15) is 0 Å². The molecule has 98 valence electrons. The van der Waals surface area contributed by atoms with Crippen molar-refractivity contribution in [2.24, 2.45) is 7.05 Å². The topological polar surface area (TPSA) is 51.0 Å². The normalized spacial score (nSPS) is 14.3. The zero-order chi connectivity index (χ0) is 13.4. The number of imidazole rings is 1. The van der Waals surface area contributed by atoms with Gasteiger partial charge in [-0.05, 0) is 19.1 Å². The van der Waals surface area contributed by atoms with Crippen molar-refractivity contribution in [3.05, 3.63) is 47.3 Å². The summed E-state index contributed by atoms with van der Waals surface area (Å²) in [5.41, 5.74) is 2.90. The van der Waals surface area contributed by atoms with Gasteiger partial charge in [0.25, 0.3) is 5.91 Å². The Morgan fingerprint density at radius 1 is 1.42 bits per heavy atom. The predicted octanol–water partition coefficient (Wildman–Crippen LogP) is 1.32. The third-order valence-electron chi connectivity index (χ3n) is 3.68. The van der Waals surface area contributed by atoms with E-state index in [-0.39, 0.29) is 5.91 Å². The molecule has 2 aromatic rings. The van der Waals surface area contributed by atoms with Crippen molar-refractivity contribution in [1.29, 1.82) is 0 Å². The first kappa shape index (κ1) is 11.9. The van der Waals surface area contributed by atoms with Gasteiger partial charge in [0.1, 0.15) is 5.82 Å². The lowest BCUT2D eigenvalue weighted by molar-refractivity contribution is 0.0730. The van der Waals surface area contributed by atoms with Crippen molar-refractivity contribution in [2.75, 3.05) is 6.54 Å². The van der Waals surface area contributed by atoms with Gasteiger partial charge in [0, 0.05) is 38.1 Å². The molecule has 0 bridgehead atoms. The highest BCUT2D eigenvalue weighted by molar-refractivity contribution is 5.93. The number of aromatic nitrogens is 3. The maximum absolute atomic E-state index is 12.4. The van der Waals surface area contributed by atoms with Crippen LogP contribution in [0.1, 0.15) is 27.6 Å². The van der Waals surface area contributed by atoms with Crippen LogP contribution in [0.3, 0.4) is 0 Å². The number of amides is 1. The van der Waals surface area contributed by atoms with Crippen molar-refractivity contribution < 1.29 is 4.79 Å². The molecular formula is C14H16N4O. The van der Waals surface area contributed by atoms with Crippen LogP contribution in [0.25, 0.3) is 0 Å². The minimum Gasteiger partial charge on any atom is -0.335 e. The maximum Gasteiger partial charge on any atom is 0.255 e. The Hall–Kier alpha value is -2.17. The van der Waals surface area contributed by atoms with E-state index in [0.29, 0.717) is 12.1 Å². The van der Waals surface area contributed by atoms with Crippen LogP contribution in [0.4, 0.5) is 0 Å². The van der Waals surface area contributed by atoms with Crippen LogP contribution >= 0.6 is 0 Å². The highest BCUT2D eigenvalue weighted by Gasteiger charge is 2.25. The summed E-state index contributed by atoms with van der Waals surface area (Å²) in [5, 5.41) is 0. The summed E-state index contributed by atoms with van der Waals surface area (Å²) < 4.78 is 2.11. The van der Waals surface area contributed by atoms with Gasteiger partial charge in [-0.15, -0.1) is 0 Å². The number of carbonyl (C=O) groups is 1. The molecule has 0 unspecified atom stereocenters. The molecule has 3 heterocycles. The van der Waals surface area contributed by atoms with Crippen molar-refractivity contribution in [2.45, 2.75) is 19.9 Å². The van der Waals surface area contributed by atoms with Crippen molar-refractivity contribution in [1.82, 2.24) is 19.4 Å². The highest BCUT2D eigenvalue weighted by Crippen LogP contribution is 2.20. The van der Waals surface area contributed by atoms with Gasteiger partial charge in [0.05, 0.1) is 17.8 Å². The van der Waals surface area contributed by atoms with Gasteiger partial charge in [0.15, 0.2) is 0 Å². The smallest absolute Gasteiger partial charge is 0.255 e. The molecule has 0 aromatic carbocycles. The molecule has 5 nitrogen and oxygen atoms in total. The molecule has 3 rings (SSSR count). The number of carbonyl (C=O) groups excluding carboxylic acids is 1. The third kappa shape index (κ3) is 2.01. The minimum atomic E-state index is 0.0297. The quantitative estimate of drug-likeness (QED) is 0.773. The fourth-order valence-corrected chi connectivity index (χ4v) is 2.51. The van der Waals surface area contributed by atoms with E-state index in [9.17, 15) is 4.79 Å². The van der Waals surface area contributed by atoms with E-state index in [4.69, 9.17) is 0 Å². The molecule has 0 saturated carbocycles. The molecule has 0 spiro atoms. The lowest BCUT2D eigenvalue weighted by Crippen LogP contribution is -2.36. The Kier molecular flexibility index (Phi) is 2.81. The third-order valence-corrected chi connectivity index (χ3v) is 3.68. The number of hydrogen-bond acceptors (Lipinski definition) is 3. The SMILES string of the molecule is Cc1nc2c(n1C)CCN(C(=O)c1cccnc1)C2. The summed E-state index contributed by atoms with van der Waals surface area (Å²) >= 11 is 0. The Bertz CT molecular complexity index is 618. The first-order valence-corrected chi connectivity index (χ1v) is 6.37. The first-order chi connectivity index (χ1) is 9.16. The molecule has 0 aliphatic carbocycles. The Balaban J connectivity index is 1.84. The lowest BCUT2D eigenvalue weighted by Gasteiger charge is -2.26. The van der Waals surface area contributed by atoms with Crippen LogP contribution in [-0.4, -0.2) is 31.9 Å². The van der Waals surface area contributed by atoms with E-state index in [2.05, 4.69) is 14.5 Å². The number of aryl methyl sites for hydroxylation is 1. The van der Waals surface area contributed by atoms with Gasteiger partial charge < -0.3 is 9.47 Å².